The SMILES string of the molecule is CCC(Nc1nc(C(N)=O)ccc1N)c1nccs1. The summed E-state index contributed by atoms with van der Waals surface area (Å²) in [6.07, 6.45) is 2.58. The summed E-state index contributed by atoms with van der Waals surface area (Å²) in [4.78, 5) is 19.5. The summed E-state index contributed by atoms with van der Waals surface area (Å²) >= 11 is 1.56. The van der Waals surface area contributed by atoms with Crippen LogP contribution >= 0.6 is 11.3 Å². The first-order valence-electron chi connectivity index (χ1n) is 5.84. The highest BCUT2D eigenvalue weighted by molar-refractivity contribution is 7.09. The van der Waals surface area contributed by atoms with Crippen LogP contribution in [0.1, 0.15) is 34.9 Å². The Bertz CT molecular complexity index is 570. The van der Waals surface area contributed by atoms with Crippen molar-refractivity contribution >= 4 is 28.7 Å². The number of carbonyl (C=O) groups is 1. The zero-order chi connectivity index (χ0) is 13.8. The first-order valence-corrected chi connectivity index (χ1v) is 6.72. The Morgan fingerprint density at radius 2 is 2.32 bits per heavy atom. The Labute approximate surface area is 114 Å². The van der Waals surface area contributed by atoms with E-state index in [2.05, 4.69) is 15.3 Å². The van der Waals surface area contributed by atoms with Gasteiger partial charge in [-0.1, -0.05) is 6.92 Å². The molecule has 19 heavy (non-hydrogen) atoms. The van der Waals surface area contributed by atoms with Crippen molar-refractivity contribution in [1.29, 1.82) is 0 Å². The van der Waals surface area contributed by atoms with Crippen LogP contribution in [-0.2, 0) is 0 Å². The number of amides is 1. The van der Waals surface area contributed by atoms with Crippen LogP contribution in [0, 0.1) is 0 Å². The monoisotopic (exact) mass is 277 g/mol. The molecule has 2 aromatic rings. The van der Waals surface area contributed by atoms with Crippen molar-refractivity contribution < 1.29 is 4.79 Å². The van der Waals surface area contributed by atoms with Crippen LogP contribution in [0.25, 0.3) is 0 Å². The van der Waals surface area contributed by atoms with E-state index in [0.717, 1.165) is 11.4 Å². The van der Waals surface area contributed by atoms with Gasteiger partial charge >= 0.3 is 0 Å². The Balaban J connectivity index is 2.26. The number of aromatic nitrogens is 2. The highest BCUT2D eigenvalue weighted by Gasteiger charge is 2.15. The van der Waals surface area contributed by atoms with E-state index >= 15 is 0 Å². The van der Waals surface area contributed by atoms with Gasteiger partial charge < -0.3 is 16.8 Å². The lowest BCUT2D eigenvalue weighted by atomic mass is 10.2. The Kier molecular flexibility index (Phi) is 3.96. The largest absolute Gasteiger partial charge is 0.396 e. The van der Waals surface area contributed by atoms with E-state index in [4.69, 9.17) is 11.5 Å². The molecule has 5 N–H and O–H groups in total. The van der Waals surface area contributed by atoms with E-state index in [-0.39, 0.29) is 11.7 Å². The molecular weight excluding hydrogens is 262 g/mol. The summed E-state index contributed by atoms with van der Waals surface area (Å²) in [5.41, 5.74) is 11.7. The molecule has 0 aromatic carbocycles. The second-order valence-corrected chi connectivity index (χ2v) is 4.90. The van der Waals surface area contributed by atoms with Gasteiger partial charge in [-0.05, 0) is 18.6 Å². The molecule has 1 atom stereocenters. The van der Waals surface area contributed by atoms with Crippen molar-refractivity contribution in [2.75, 3.05) is 11.1 Å². The fraction of sp³-hybridized carbons (Fsp3) is 0.250. The van der Waals surface area contributed by atoms with Gasteiger partial charge in [0.2, 0.25) is 0 Å². The van der Waals surface area contributed by atoms with Gasteiger partial charge in [-0.3, -0.25) is 4.79 Å². The molecule has 0 spiro atoms. The number of pyridine rings is 1. The molecule has 2 rings (SSSR count). The molecule has 0 aliphatic heterocycles. The molecule has 1 amide bonds. The van der Waals surface area contributed by atoms with Gasteiger partial charge in [0.1, 0.15) is 10.7 Å². The number of nitrogen functional groups attached to an aromatic ring is 1. The van der Waals surface area contributed by atoms with Crippen molar-refractivity contribution in [3.63, 3.8) is 0 Å². The second-order valence-electron chi connectivity index (χ2n) is 3.97. The average molecular weight is 277 g/mol. The summed E-state index contributed by atoms with van der Waals surface area (Å²) in [5.74, 6) is -0.122. The lowest BCUT2D eigenvalue weighted by Gasteiger charge is -2.16. The van der Waals surface area contributed by atoms with Gasteiger partial charge in [-0.2, -0.15) is 0 Å². The maximum atomic E-state index is 11.1. The number of primary amides is 1. The van der Waals surface area contributed by atoms with Crippen LogP contribution in [0.2, 0.25) is 0 Å². The smallest absolute Gasteiger partial charge is 0.267 e. The van der Waals surface area contributed by atoms with E-state index in [1.807, 2.05) is 12.3 Å². The van der Waals surface area contributed by atoms with E-state index in [0.29, 0.717) is 11.5 Å². The lowest BCUT2D eigenvalue weighted by Crippen LogP contribution is -2.17. The molecule has 1 unspecified atom stereocenters. The molecule has 2 heterocycles. The molecule has 0 aliphatic carbocycles. The molecule has 0 saturated carbocycles. The van der Waals surface area contributed by atoms with Crippen LogP contribution in [-0.4, -0.2) is 15.9 Å². The average Bonchev–Trinajstić information content (AvgIpc) is 2.91. The molecule has 0 aliphatic rings. The number of hydrogen-bond acceptors (Lipinski definition) is 6. The maximum absolute atomic E-state index is 11.1. The first-order chi connectivity index (χ1) is 9.11. The number of rotatable bonds is 5. The number of anilines is 2. The van der Waals surface area contributed by atoms with Crippen LogP contribution in [0.15, 0.2) is 23.7 Å². The number of carbonyl (C=O) groups excluding carboxylic acids is 1. The molecule has 0 fully saturated rings. The zero-order valence-electron chi connectivity index (χ0n) is 10.5. The summed E-state index contributed by atoms with van der Waals surface area (Å²) in [5, 5.41) is 6.06. The Hall–Kier alpha value is -2.15. The van der Waals surface area contributed by atoms with Crippen molar-refractivity contribution in [2.24, 2.45) is 5.73 Å². The third-order valence-electron chi connectivity index (χ3n) is 2.65. The number of nitrogens with two attached hydrogens (primary N) is 2. The van der Waals surface area contributed by atoms with Crippen LogP contribution in [0.3, 0.4) is 0 Å². The summed E-state index contributed by atoms with van der Waals surface area (Å²) < 4.78 is 0. The topological polar surface area (TPSA) is 107 Å². The second kappa shape index (κ2) is 5.66. The predicted molar refractivity (Wildman–Crippen MR) is 75.9 cm³/mol. The first kappa shape index (κ1) is 13.3. The molecule has 0 bridgehead atoms. The quantitative estimate of drug-likeness (QED) is 0.772. The predicted octanol–water partition coefficient (Wildman–Crippen LogP) is 1.78. The van der Waals surface area contributed by atoms with Gasteiger partial charge in [-0.15, -0.1) is 11.3 Å². The minimum atomic E-state index is -0.578. The third kappa shape index (κ3) is 3.00. The van der Waals surface area contributed by atoms with Crippen LogP contribution in [0.4, 0.5) is 11.5 Å². The van der Waals surface area contributed by atoms with Gasteiger partial charge in [0.25, 0.3) is 5.91 Å². The normalized spacial score (nSPS) is 12.1. The van der Waals surface area contributed by atoms with Crippen LogP contribution in [0.5, 0.6) is 0 Å². The van der Waals surface area contributed by atoms with Crippen molar-refractivity contribution in [1.82, 2.24) is 9.97 Å². The molecule has 100 valence electrons. The van der Waals surface area contributed by atoms with Gasteiger partial charge in [0.15, 0.2) is 5.82 Å². The minimum Gasteiger partial charge on any atom is -0.396 e. The molecule has 0 saturated heterocycles. The molecule has 0 radical (unpaired) electrons. The van der Waals surface area contributed by atoms with Crippen molar-refractivity contribution in [3.05, 3.63) is 34.4 Å². The maximum Gasteiger partial charge on any atom is 0.267 e. The lowest BCUT2D eigenvalue weighted by molar-refractivity contribution is 0.0995. The summed E-state index contributed by atoms with van der Waals surface area (Å²) in [7, 11) is 0. The van der Waals surface area contributed by atoms with E-state index in [1.54, 1.807) is 23.6 Å². The van der Waals surface area contributed by atoms with Gasteiger partial charge in [0.05, 0.1) is 11.7 Å². The minimum absolute atomic E-state index is 0.0120. The number of nitrogens with zero attached hydrogens (tertiary/aromatic N) is 2. The van der Waals surface area contributed by atoms with E-state index in [9.17, 15) is 4.79 Å². The number of hydrogen-bond donors (Lipinski definition) is 3. The summed E-state index contributed by atoms with van der Waals surface area (Å²) in [6.45, 7) is 2.03. The Morgan fingerprint density at radius 3 is 2.89 bits per heavy atom. The molecule has 7 heteroatoms. The van der Waals surface area contributed by atoms with E-state index in [1.165, 1.54) is 6.07 Å². The molecule has 2 aromatic heterocycles. The molecule has 6 nitrogen and oxygen atoms in total. The summed E-state index contributed by atoms with van der Waals surface area (Å²) in [6, 6.07) is 3.13. The molecular formula is C12H15N5OS. The zero-order valence-corrected chi connectivity index (χ0v) is 11.3. The standard InChI is InChI=1S/C12H15N5OS/c1-2-8(12-15-5-6-19-12)16-11-7(13)3-4-9(17-11)10(14)18/h3-6,8H,2,13H2,1H3,(H2,14,18)(H,16,17). The number of nitrogens with one attached hydrogen (secondary N) is 1. The van der Waals surface area contributed by atoms with Gasteiger partial charge in [0, 0.05) is 11.6 Å². The fourth-order valence-corrected chi connectivity index (χ4v) is 2.41. The Morgan fingerprint density at radius 1 is 1.53 bits per heavy atom. The van der Waals surface area contributed by atoms with Crippen LogP contribution < -0.4 is 16.8 Å². The highest BCUT2D eigenvalue weighted by atomic mass is 32.1. The fourth-order valence-electron chi connectivity index (χ4n) is 1.63. The van der Waals surface area contributed by atoms with Crippen molar-refractivity contribution in [2.45, 2.75) is 19.4 Å². The number of thiazole rings is 1. The van der Waals surface area contributed by atoms with Crippen molar-refractivity contribution in [3.8, 4) is 0 Å². The van der Waals surface area contributed by atoms with E-state index < -0.39 is 5.91 Å². The van der Waals surface area contributed by atoms with Gasteiger partial charge in [-0.25, -0.2) is 9.97 Å². The third-order valence-corrected chi connectivity index (χ3v) is 3.54. The highest BCUT2D eigenvalue weighted by Crippen LogP contribution is 2.26.